The van der Waals surface area contributed by atoms with E-state index in [4.69, 9.17) is 11.5 Å². The van der Waals surface area contributed by atoms with Crippen LogP contribution in [0, 0.1) is 11.8 Å². The quantitative estimate of drug-likeness (QED) is 0.155. The molecule has 0 aromatic rings. The Balaban J connectivity index is 5.24. The van der Waals surface area contributed by atoms with Gasteiger partial charge in [-0.2, -0.15) is 0 Å². The van der Waals surface area contributed by atoms with Crippen LogP contribution >= 0.6 is 0 Å². The molecule has 31 heavy (non-hydrogen) atoms. The third kappa shape index (κ3) is 10.7. The molecule has 0 aliphatic rings. The Kier molecular flexibility index (Phi) is 12.4. The first-order chi connectivity index (χ1) is 14.3. The van der Waals surface area contributed by atoms with E-state index in [1.54, 1.807) is 13.8 Å². The van der Waals surface area contributed by atoms with Gasteiger partial charge in [0, 0.05) is 6.42 Å². The van der Waals surface area contributed by atoms with E-state index in [0.29, 0.717) is 0 Å². The monoisotopic (exact) mass is 445 g/mol. The van der Waals surface area contributed by atoms with Crippen molar-refractivity contribution < 1.29 is 34.2 Å². The zero-order valence-electron chi connectivity index (χ0n) is 18.4. The average Bonchev–Trinajstić information content (AvgIpc) is 2.66. The molecule has 4 amide bonds. The fourth-order valence-electron chi connectivity index (χ4n) is 2.56. The van der Waals surface area contributed by atoms with Crippen LogP contribution in [-0.2, 0) is 24.0 Å². The van der Waals surface area contributed by atoms with E-state index in [-0.39, 0.29) is 31.1 Å². The van der Waals surface area contributed by atoms with Crippen LogP contribution in [0.2, 0.25) is 0 Å². The van der Waals surface area contributed by atoms with Gasteiger partial charge in [0.05, 0.1) is 12.6 Å². The van der Waals surface area contributed by atoms with E-state index in [1.165, 1.54) is 0 Å². The zero-order chi connectivity index (χ0) is 24.3. The number of nitrogens with two attached hydrogens (primary N) is 2. The fraction of sp³-hybridized carbons (Fsp3) is 0.737. The van der Waals surface area contributed by atoms with Crippen LogP contribution in [0.25, 0.3) is 0 Å². The summed E-state index contributed by atoms with van der Waals surface area (Å²) in [7, 11) is 0. The lowest BCUT2D eigenvalue weighted by Gasteiger charge is -2.25. The highest BCUT2D eigenvalue weighted by molar-refractivity contribution is 5.94. The summed E-state index contributed by atoms with van der Waals surface area (Å²) in [5.41, 5.74) is 10.8. The van der Waals surface area contributed by atoms with E-state index in [9.17, 15) is 34.2 Å². The molecular formula is C19H35N5O7. The Morgan fingerprint density at radius 2 is 1.32 bits per heavy atom. The number of carboxylic acids is 1. The van der Waals surface area contributed by atoms with Crippen LogP contribution < -0.4 is 27.4 Å². The molecule has 12 heteroatoms. The van der Waals surface area contributed by atoms with Gasteiger partial charge in [-0.3, -0.25) is 19.2 Å². The Morgan fingerprint density at radius 1 is 0.839 bits per heavy atom. The first kappa shape index (κ1) is 28.3. The number of carbonyl (C=O) groups is 5. The lowest BCUT2D eigenvalue weighted by atomic mass is 10.00. The second-order valence-electron chi connectivity index (χ2n) is 8.11. The Morgan fingerprint density at radius 3 is 1.74 bits per heavy atom. The first-order valence-corrected chi connectivity index (χ1v) is 10.1. The largest absolute Gasteiger partial charge is 0.480 e. The first-order valence-electron chi connectivity index (χ1n) is 10.1. The minimum absolute atomic E-state index is 0.0120. The predicted octanol–water partition coefficient (Wildman–Crippen LogP) is -2.19. The van der Waals surface area contributed by atoms with Gasteiger partial charge in [0.2, 0.25) is 23.6 Å². The molecule has 12 nitrogen and oxygen atoms in total. The maximum absolute atomic E-state index is 12.7. The van der Waals surface area contributed by atoms with Gasteiger partial charge < -0.3 is 37.6 Å². The van der Waals surface area contributed by atoms with E-state index in [0.717, 1.165) is 0 Å². The summed E-state index contributed by atoms with van der Waals surface area (Å²) in [5.74, 6) is -4.50. The number of aliphatic hydroxyl groups excluding tert-OH is 1. The third-order valence-corrected chi connectivity index (χ3v) is 4.47. The fourth-order valence-corrected chi connectivity index (χ4v) is 2.56. The Labute approximate surface area is 181 Å². The van der Waals surface area contributed by atoms with Crippen LogP contribution in [0.1, 0.15) is 47.0 Å². The van der Waals surface area contributed by atoms with Crippen LogP contribution in [0.4, 0.5) is 0 Å². The summed E-state index contributed by atoms with van der Waals surface area (Å²) in [6, 6.07) is -4.74. The molecule has 0 rings (SSSR count). The van der Waals surface area contributed by atoms with Gasteiger partial charge >= 0.3 is 5.97 Å². The molecule has 4 atom stereocenters. The van der Waals surface area contributed by atoms with Crippen molar-refractivity contribution in [3.63, 3.8) is 0 Å². The number of carboxylic acid groups (broad SMARTS) is 1. The zero-order valence-corrected chi connectivity index (χ0v) is 18.4. The van der Waals surface area contributed by atoms with E-state index < -0.39 is 60.4 Å². The van der Waals surface area contributed by atoms with Crippen LogP contribution in [0.5, 0.6) is 0 Å². The molecule has 0 aliphatic heterocycles. The van der Waals surface area contributed by atoms with E-state index in [2.05, 4.69) is 16.0 Å². The number of carbonyl (C=O) groups excluding carboxylic acids is 4. The number of primary amides is 1. The van der Waals surface area contributed by atoms with Gasteiger partial charge in [-0.1, -0.05) is 27.7 Å². The SMILES string of the molecule is CC(C)CC(NC(=O)C(N)C(C)C)C(=O)NC(CO)C(=O)NC(CCC(N)=O)C(=O)O. The van der Waals surface area contributed by atoms with Gasteiger partial charge in [0.25, 0.3) is 0 Å². The average molecular weight is 446 g/mol. The molecule has 0 fully saturated rings. The smallest absolute Gasteiger partial charge is 0.326 e. The van der Waals surface area contributed by atoms with E-state index >= 15 is 0 Å². The third-order valence-electron chi connectivity index (χ3n) is 4.47. The number of nitrogens with one attached hydrogen (secondary N) is 3. The van der Waals surface area contributed by atoms with Gasteiger partial charge in [0.1, 0.15) is 18.1 Å². The maximum Gasteiger partial charge on any atom is 0.326 e. The summed E-state index contributed by atoms with van der Waals surface area (Å²) in [6.45, 7) is 6.37. The molecule has 0 saturated carbocycles. The van der Waals surface area contributed by atoms with Crippen molar-refractivity contribution in [1.82, 2.24) is 16.0 Å². The summed E-state index contributed by atoms with van der Waals surface area (Å²) in [5, 5.41) is 25.7. The topological polar surface area (TPSA) is 214 Å². The molecule has 0 bridgehead atoms. The minimum atomic E-state index is -1.46. The van der Waals surface area contributed by atoms with Crippen molar-refractivity contribution in [2.75, 3.05) is 6.61 Å². The molecule has 0 saturated heterocycles. The number of hydrogen-bond acceptors (Lipinski definition) is 7. The van der Waals surface area contributed by atoms with Crippen molar-refractivity contribution in [2.45, 2.75) is 71.1 Å². The molecule has 178 valence electrons. The van der Waals surface area contributed by atoms with Gasteiger partial charge in [-0.05, 0) is 24.7 Å². The van der Waals surface area contributed by atoms with Crippen molar-refractivity contribution in [3.8, 4) is 0 Å². The molecule has 0 heterocycles. The second-order valence-corrected chi connectivity index (χ2v) is 8.11. The highest BCUT2D eigenvalue weighted by Gasteiger charge is 2.30. The number of amides is 4. The number of aliphatic carboxylic acids is 1. The Bertz CT molecular complexity index is 654. The van der Waals surface area contributed by atoms with Crippen molar-refractivity contribution in [2.24, 2.45) is 23.3 Å². The number of aliphatic hydroxyl groups is 1. The standard InChI is InChI=1S/C19H35N5O7/c1-9(2)7-12(23-18(29)15(21)10(3)4)16(27)24-13(8-25)17(28)22-11(19(30)31)5-6-14(20)26/h9-13,15,25H,5-8,21H2,1-4H3,(H2,20,26)(H,22,28)(H,23,29)(H,24,27)(H,30,31). The van der Waals surface area contributed by atoms with Gasteiger partial charge in [-0.15, -0.1) is 0 Å². The van der Waals surface area contributed by atoms with Gasteiger partial charge in [-0.25, -0.2) is 4.79 Å². The van der Waals surface area contributed by atoms with Crippen LogP contribution in [0.3, 0.4) is 0 Å². The Hall–Kier alpha value is -2.73. The van der Waals surface area contributed by atoms with Crippen molar-refractivity contribution in [3.05, 3.63) is 0 Å². The summed E-state index contributed by atoms with van der Waals surface area (Å²) in [6.07, 6.45) is -0.272. The minimum Gasteiger partial charge on any atom is -0.480 e. The molecular weight excluding hydrogens is 410 g/mol. The number of hydrogen-bond donors (Lipinski definition) is 7. The lowest BCUT2D eigenvalue weighted by molar-refractivity contribution is -0.143. The predicted molar refractivity (Wildman–Crippen MR) is 111 cm³/mol. The van der Waals surface area contributed by atoms with Crippen molar-refractivity contribution >= 4 is 29.6 Å². The molecule has 0 aromatic carbocycles. The molecule has 9 N–H and O–H groups in total. The van der Waals surface area contributed by atoms with Gasteiger partial charge in [0.15, 0.2) is 0 Å². The maximum atomic E-state index is 12.7. The van der Waals surface area contributed by atoms with Crippen LogP contribution in [0.15, 0.2) is 0 Å². The molecule has 4 unspecified atom stereocenters. The molecule has 0 aromatic heterocycles. The normalized spacial score (nSPS) is 15.0. The van der Waals surface area contributed by atoms with E-state index in [1.807, 2.05) is 13.8 Å². The molecule has 0 aliphatic carbocycles. The highest BCUT2D eigenvalue weighted by atomic mass is 16.4. The second kappa shape index (κ2) is 13.5. The highest BCUT2D eigenvalue weighted by Crippen LogP contribution is 2.07. The lowest BCUT2D eigenvalue weighted by Crippen LogP contribution is -2.58. The molecule has 0 spiro atoms. The summed E-state index contributed by atoms with van der Waals surface area (Å²) >= 11 is 0. The van der Waals surface area contributed by atoms with Crippen molar-refractivity contribution in [1.29, 1.82) is 0 Å². The molecule has 0 radical (unpaired) electrons. The summed E-state index contributed by atoms with van der Waals surface area (Å²) in [4.78, 5) is 59.4. The summed E-state index contributed by atoms with van der Waals surface area (Å²) < 4.78 is 0. The number of rotatable bonds is 14. The van der Waals surface area contributed by atoms with Crippen LogP contribution in [-0.4, -0.2) is 70.6 Å².